The Morgan fingerprint density at radius 3 is 2.43 bits per heavy atom. The van der Waals surface area contributed by atoms with Gasteiger partial charge in [0.1, 0.15) is 11.9 Å². The highest BCUT2D eigenvalue weighted by Gasteiger charge is 2.23. The van der Waals surface area contributed by atoms with E-state index in [1.807, 2.05) is 31.2 Å². The number of carbonyl (C=O) groups excluding carboxylic acids is 2. The number of esters is 1. The molecule has 2 N–H and O–H groups in total. The van der Waals surface area contributed by atoms with E-state index in [0.717, 1.165) is 43.2 Å². The third-order valence-electron chi connectivity index (χ3n) is 6.26. The van der Waals surface area contributed by atoms with E-state index in [0.29, 0.717) is 17.0 Å². The number of nitrogens with two attached hydrogens (primary N) is 1. The Bertz CT molecular complexity index is 994. The van der Waals surface area contributed by atoms with Crippen LogP contribution < -0.4 is 5.73 Å². The van der Waals surface area contributed by atoms with Gasteiger partial charge in [-0.3, -0.25) is 4.79 Å². The normalized spacial score (nSPS) is 16.7. The van der Waals surface area contributed by atoms with Gasteiger partial charge >= 0.3 is 12.1 Å². The van der Waals surface area contributed by atoms with Crippen molar-refractivity contribution in [3.8, 4) is 11.1 Å². The van der Waals surface area contributed by atoms with Gasteiger partial charge in [0.15, 0.2) is 0 Å². The number of hydrogen-bond acceptors (Lipinski definition) is 6. The largest absolute Gasteiger partial charge is 0.511 e. The molecule has 3 rings (SSSR count). The summed E-state index contributed by atoms with van der Waals surface area (Å²) in [5, 5.41) is 0.470. The van der Waals surface area contributed by atoms with Gasteiger partial charge in [-0.25, -0.2) is 9.18 Å². The minimum absolute atomic E-state index is 0.0155. The second-order valence-corrected chi connectivity index (χ2v) is 9.61. The third kappa shape index (κ3) is 8.51. The second kappa shape index (κ2) is 12.9. The van der Waals surface area contributed by atoms with Crippen LogP contribution in [0.1, 0.15) is 57.9 Å². The quantitative estimate of drug-likeness (QED) is 0.312. The highest BCUT2D eigenvalue weighted by atomic mass is 35.5. The van der Waals surface area contributed by atoms with Crippen LogP contribution in [0.25, 0.3) is 11.1 Å². The summed E-state index contributed by atoms with van der Waals surface area (Å²) in [7, 11) is 0. The van der Waals surface area contributed by atoms with Crippen LogP contribution in [0.2, 0.25) is 5.02 Å². The third-order valence-corrected chi connectivity index (χ3v) is 6.49. The van der Waals surface area contributed by atoms with Gasteiger partial charge in [0.05, 0.1) is 6.42 Å². The van der Waals surface area contributed by atoms with Crippen molar-refractivity contribution in [2.75, 3.05) is 0 Å². The zero-order valence-corrected chi connectivity index (χ0v) is 20.9. The molecule has 1 saturated carbocycles. The van der Waals surface area contributed by atoms with Gasteiger partial charge in [-0.2, -0.15) is 0 Å². The maximum Gasteiger partial charge on any atom is 0.511 e. The number of hydrogen-bond donors (Lipinski definition) is 1. The molecule has 0 amide bonds. The SMILES string of the molecule is CC(OC(=O)CC(N)C(C)Cc1ccc(-c2cc(Cl)ccc2F)cc1)OC(=O)OC1CCCCC1. The lowest BCUT2D eigenvalue weighted by Gasteiger charge is -2.23. The van der Waals surface area contributed by atoms with E-state index >= 15 is 0 Å². The van der Waals surface area contributed by atoms with Gasteiger partial charge < -0.3 is 19.9 Å². The average Bonchev–Trinajstić information content (AvgIpc) is 2.81. The van der Waals surface area contributed by atoms with Gasteiger partial charge in [-0.05, 0) is 67.3 Å². The van der Waals surface area contributed by atoms with Crippen LogP contribution in [0.5, 0.6) is 0 Å². The number of halogens is 2. The van der Waals surface area contributed by atoms with E-state index in [1.165, 1.54) is 19.1 Å². The molecule has 2 aromatic carbocycles. The van der Waals surface area contributed by atoms with Gasteiger partial charge in [0.2, 0.25) is 6.29 Å². The molecule has 0 aromatic heterocycles. The molecule has 190 valence electrons. The van der Waals surface area contributed by atoms with E-state index in [-0.39, 0.29) is 24.3 Å². The van der Waals surface area contributed by atoms with Gasteiger partial charge in [0.25, 0.3) is 0 Å². The van der Waals surface area contributed by atoms with E-state index < -0.39 is 24.5 Å². The number of rotatable bonds is 9. The summed E-state index contributed by atoms with van der Waals surface area (Å²) < 4.78 is 29.6. The summed E-state index contributed by atoms with van der Waals surface area (Å²) in [5.74, 6) is -0.908. The maximum atomic E-state index is 14.1. The van der Waals surface area contributed by atoms with Crippen molar-refractivity contribution in [3.05, 3.63) is 58.9 Å². The highest BCUT2D eigenvalue weighted by Crippen LogP contribution is 2.27. The van der Waals surface area contributed by atoms with Crippen molar-refractivity contribution >= 4 is 23.7 Å². The fraction of sp³-hybridized carbons (Fsp3) is 0.481. The Morgan fingerprint density at radius 1 is 1.06 bits per heavy atom. The van der Waals surface area contributed by atoms with Crippen LogP contribution in [0.4, 0.5) is 9.18 Å². The molecule has 3 atom stereocenters. The van der Waals surface area contributed by atoms with Crippen molar-refractivity contribution in [1.29, 1.82) is 0 Å². The van der Waals surface area contributed by atoms with E-state index in [4.69, 9.17) is 31.5 Å². The van der Waals surface area contributed by atoms with Crippen molar-refractivity contribution in [3.63, 3.8) is 0 Å². The van der Waals surface area contributed by atoms with E-state index in [9.17, 15) is 14.0 Å². The molecule has 8 heteroatoms. The van der Waals surface area contributed by atoms with Crippen molar-refractivity contribution in [1.82, 2.24) is 0 Å². The molecule has 0 aliphatic heterocycles. The lowest BCUT2D eigenvalue weighted by molar-refractivity contribution is -0.169. The molecule has 35 heavy (non-hydrogen) atoms. The first kappa shape index (κ1) is 27.0. The number of ether oxygens (including phenoxy) is 3. The summed E-state index contributed by atoms with van der Waals surface area (Å²) >= 11 is 5.99. The molecule has 0 saturated heterocycles. The minimum atomic E-state index is -1.06. The Hall–Kier alpha value is -2.64. The molecule has 0 bridgehead atoms. The monoisotopic (exact) mass is 505 g/mol. The summed E-state index contributed by atoms with van der Waals surface area (Å²) in [6.07, 6.45) is 3.48. The Balaban J connectivity index is 1.43. The molecule has 1 fully saturated rings. The van der Waals surface area contributed by atoms with Gasteiger partial charge in [-0.15, -0.1) is 0 Å². The fourth-order valence-corrected chi connectivity index (χ4v) is 4.37. The average molecular weight is 506 g/mol. The van der Waals surface area contributed by atoms with Crippen molar-refractivity contribution in [2.45, 2.75) is 77.2 Å². The van der Waals surface area contributed by atoms with Crippen molar-refractivity contribution in [2.24, 2.45) is 11.7 Å². The highest BCUT2D eigenvalue weighted by molar-refractivity contribution is 6.30. The summed E-state index contributed by atoms with van der Waals surface area (Å²) in [6.45, 7) is 3.42. The van der Waals surface area contributed by atoms with Crippen molar-refractivity contribution < 1.29 is 28.2 Å². The molecule has 1 aliphatic carbocycles. The van der Waals surface area contributed by atoms with Gasteiger partial charge in [0, 0.05) is 23.6 Å². The zero-order chi connectivity index (χ0) is 25.4. The van der Waals surface area contributed by atoms with Crippen LogP contribution >= 0.6 is 11.6 Å². The second-order valence-electron chi connectivity index (χ2n) is 9.17. The lowest BCUT2D eigenvalue weighted by atomic mass is 9.91. The van der Waals surface area contributed by atoms with Crippen LogP contribution in [-0.4, -0.2) is 30.6 Å². The molecule has 1 aliphatic rings. The molecule has 0 heterocycles. The molecule has 2 aromatic rings. The first-order chi connectivity index (χ1) is 16.7. The molecular weight excluding hydrogens is 473 g/mol. The predicted molar refractivity (Wildman–Crippen MR) is 132 cm³/mol. The molecule has 3 unspecified atom stereocenters. The molecular formula is C27H33ClFNO5. The maximum absolute atomic E-state index is 14.1. The molecule has 0 spiro atoms. The summed E-state index contributed by atoms with van der Waals surface area (Å²) in [5.41, 5.74) is 8.40. The lowest BCUT2D eigenvalue weighted by Crippen LogP contribution is -2.34. The van der Waals surface area contributed by atoms with Crippen LogP contribution in [-0.2, 0) is 25.4 Å². The van der Waals surface area contributed by atoms with Crippen LogP contribution in [0.3, 0.4) is 0 Å². The topological polar surface area (TPSA) is 87.9 Å². The summed E-state index contributed by atoms with van der Waals surface area (Å²) in [6, 6.07) is 11.5. The van der Waals surface area contributed by atoms with Crippen LogP contribution in [0.15, 0.2) is 42.5 Å². The van der Waals surface area contributed by atoms with Gasteiger partial charge in [-0.1, -0.05) is 49.2 Å². The smallest absolute Gasteiger partial charge is 0.431 e. The Kier molecular flexibility index (Phi) is 9.93. The fourth-order valence-electron chi connectivity index (χ4n) is 4.20. The minimum Gasteiger partial charge on any atom is -0.431 e. The number of carbonyl (C=O) groups is 2. The first-order valence-electron chi connectivity index (χ1n) is 12.1. The Morgan fingerprint density at radius 2 is 1.74 bits per heavy atom. The zero-order valence-electron chi connectivity index (χ0n) is 20.2. The summed E-state index contributed by atoms with van der Waals surface area (Å²) in [4.78, 5) is 24.2. The standard InChI is InChI=1S/C27H33ClFNO5/c1-17(14-19-8-10-20(11-9-19)23-15-21(28)12-13-24(23)29)25(30)16-26(31)33-18(2)34-27(32)35-22-6-4-3-5-7-22/h8-13,15,17-18,22,25H,3-7,14,16,30H2,1-2H3. The van der Waals surface area contributed by atoms with E-state index in [1.54, 1.807) is 6.07 Å². The predicted octanol–water partition coefficient (Wildman–Crippen LogP) is 6.42. The molecule has 0 radical (unpaired) electrons. The van der Waals surface area contributed by atoms with Crippen LogP contribution in [0, 0.1) is 11.7 Å². The van der Waals surface area contributed by atoms with E-state index in [2.05, 4.69) is 0 Å². The molecule has 6 nitrogen and oxygen atoms in total. The first-order valence-corrected chi connectivity index (χ1v) is 12.5. The Labute approximate surface area is 210 Å². The number of benzene rings is 2.